The number of amides is 3. The van der Waals surface area contributed by atoms with Gasteiger partial charge in [0.05, 0.1) is 11.6 Å². The highest BCUT2D eigenvalue weighted by Gasteiger charge is 2.19. The topological polar surface area (TPSA) is 101 Å². The van der Waals surface area contributed by atoms with E-state index in [-0.39, 0.29) is 12.3 Å². The number of rotatable bonds is 4. The van der Waals surface area contributed by atoms with E-state index in [9.17, 15) is 9.59 Å². The minimum absolute atomic E-state index is 0.282. The zero-order chi connectivity index (χ0) is 16.7. The minimum Gasteiger partial charge on any atom is -0.354 e. The van der Waals surface area contributed by atoms with Crippen molar-refractivity contribution < 1.29 is 9.59 Å². The molecule has 1 fully saturated rings. The van der Waals surface area contributed by atoms with Crippen LogP contribution >= 0.6 is 0 Å². The number of urea groups is 1. The maximum Gasteiger partial charge on any atom is 0.321 e. The lowest BCUT2D eigenvalue weighted by molar-refractivity contribution is -0.120. The Morgan fingerprint density at radius 1 is 1.35 bits per heavy atom. The molecule has 2 heterocycles. The van der Waals surface area contributed by atoms with Gasteiger partial charge in [-0.2, -0.15) is 5.26 Å². The van der Waals surface area contributed by atoms with Crippen LogP contribution in [0, 0.1) is 11.3 Å². The maximum absolute atomic E-state index is 11.6. The largest absolute Gasteiger partial charge is 0.354 e. The summed E-state index contributed by atoms with van der Waals surface area (Å²) in [5, 5.41) is 13.5. The average Bonchev–Trinajstić information content (AvgIpc) is 2.60. The highest BCUT2D eigenvalue weighted by atomic mass is 16.2. The lowest BCUT2D eigenvalue weighted by Crippen LogP contribution is -2.48. The fraction of sp³-hybridized carbons (Fsp3) is 0.467. The predicted molar refractivity (Wildman–Crippen MR) is 84.8 cm³/mol. The first-order valence-electron chi connectivity index (χ1n) is 7.47. The molecule has 1 aliphatic heterocycles. The van der Waals surface area contributed by atoms with Crippen LogP contribution in [0.2, 0.25) is 0 Å². The summed E-state index contributed by atoms with van der Waals surface area (Å²) in [4.78, 5) is 31.2. The molecule has 0 aromatic carbocycles. The van der Waals surface area contributed by atoms with Crippen LogP contribution in [-0.4, -0.2) is 61.6 Å². The third-order valence-corrected chi connectivity index (χ3v) is 3.71. The SMILES string of the molecule is CNC(=O)NC(=O)CCN1CCN(c2cc(C#N)ccn2)CC1. The van der Waals surface area contributed by atoms with Crippen molar-refractivity contribution in [3.8, 4) is 6.07 Å². The van der Waals surface area contributed by atoms with Crippen LogP contribution in [0.15, 0.2) is 18.3 Å². The number of carbonyl (C=O) groups is 2. The number of nitriles is 1. The lowest BCUT2D eigenvalue weighted by atomic mass is 10.2. The Balaban J connectivity index is 1.76. The molecule has 1 aromatic rings. The third-order valence-electron chi connectivity index (χ3n) is 3.71. The van der Waals surface area contributed by atoms with E-state index in [0.717, 1.165) is 32.0 Å². The number of hydrogen-bond donors (Lipinski definition) is 2. The second-order valence-corrected chi connectivity index (χ2v) is 5.22. The van der Waals surface area contributed by atoms with E-state index in [1.165, 1.54) is 7.05 Å². The van der Waals surface area contributed by atoms with Gasteiger partial charge in [0.2, 0.25) is 5.91 Å². The molecule has 8 nitrogen and oxygen atoms in total. The van der Waals surface area contributed by atoms with Crippen LogP contribution in [0.3, 0.4) is 0 Å². The quantitative estimate of drug-likeness (QED) is 0.806. The first-order valence-corrected chi connectivity index (χ1v) is 7.47. The number of hydrogen-bond acceptors (Lipinski definition) is 6. The van der Waals surface area contributed by atoms with Crippen molar-refractivity contribution >= 4 is 17.8 Å². The number of nitrogens with zero attached hydrogens (tertiary/aromatic N) is 4. The van der Waals surface area contributed by atoms with Gasteiger partial charge in [0.1, 0.15) is 5.82 Å². The Kier molecular flexibility index (Phi) is 5.88. The molecule has 1 aliphatic rings. The van der Waals surface area contributed by atoms with Gasteiger partial charge in [-0.25, -0.2) is 9.78 Å². The van der Waals surface area contributed by atoms with Crippen molar-refractivity contribution in [3.05, 3.63) is 23.9 Å². The highest BCUT2D eigenvalue weighted by molar-refractivity contribution is 5.94. The van der Waals surface area contributed by atoms with Crippen molar-refractivity contribution in [2.75, 3.05) is 44.7 Å². The molecule has 2 N–H and O–H groups in total. The van der Waals surface area contributed by atoms with Gasteiger partial charge in [0, 0.05) is 52.4 Å². The number of anilines is 1. The summed E-state index contributed by atoms with van der Waals surface area (Å²) in [5.41, 5.74) is 0.600. The standard InChI is InChI=1S/C15H20N6O2/c1-17-15(23)19-14(22)3-5-20-6-8-21(9-7-20)13-10-12(11-16)2-4-18-13/h2,4,10H,3,5-9H2,1H3,(H2,17,19,22,23). The molecule has 0 aliphatic carbocycles. The van der Waals surface area contributed by atoms with E-state index in [2.05, 4.69) is 31.5 Å². The van der Waals surface area contributed by atoms with Crippen LogP contribution < -0.4 is 15.5 Å². The van der Waals surface area contributed by atoms with Crippen LogP contribution in [0.5, 0.6) is 0 Å². The highest BCUT2D eigenvalue weighted by Crippen LogP contribution is 2.14. The van der Waals surface area contributed by atoms with E-state index in [0.29, 0.717) is 12.1 Å². The van der Waals surface area contributed by atoms with Gasteiger partial charge in [-0.15, -0.1) is 0 Å². The summed E-state index contributed by atoms with van der Waals surface area (Å²) in [5.74, 6) is 0.524. The molecule has 0 radical (unpaired) electrons. The number of nitrogens with one attached hydrogen (secondary N) is 2. The van der Waals surface area contributed by atoms with E-state index in [4.69, 9.17) is 5.26 Å². The van der Waals surface area contributed by atoms with Crippen molar-refractivity contribution in [1.29, 1.82) is 5.26 Å². The summed E-state index contributed by atoms with van der Waals surface area (Å²) >= 11 is 0. The van der Waals surface area contributed by atoms with Gasteiger partial charge in [-0.1, -0.05) is 0 Å². The number of pyridine rings is 1. The second-order valence-electron chi connectivity index (χ2n) is 5.22. The average molecular weight is 316 g/mol. The normalized spacial score (nSPS) is 14.9. The first-order chi connectivity index (χ1) is 11.1. The van der Waals surface area contributed by atoms with Crippen LogP contribution in [-0.2, 0) is 4.79 Å². The monoisotopic (exact) mass is 316 g/mol. The first kappa shape index (κ1) is 16.7. The number of imide groups is 1. The fourth-order valence-corrected chi connectivity index (χ4v) is 2.37. The van der Waals surface area contributed by atoms with E-state index in [1.54, 1.807) is 18.3 Å². The van der Waals surface area contributed by atoms with Crippen LogP contribution in [0.4, 0.5) is 10.6 Å². The van der Waals surface area contributed by atoms with E-state index < -0.39 is 6.03 Å². The van der Waals surface area contributed by atoms with Gasteiger partial charge in [-0.05, 0) is 12.1 Å². The molecule has 0 bridgehead atoms. The zero-order valence-corrected chi connectivity index (χ0v) is 13.1. The van der Waals surface area contributed by atoms with Gasteiger partial charge in [0.15, 0.2) is 0 Å². The van der Waals surface area contributed by atoms with Gasteiger partial charge < -0.3 is 10.2 Å². The van der Waals surface area contributed by atoms with Crippen molar-refractivity contribution in [2.45, 2.75) is 6.42 Å². The molecule has 0 unspecified atom stereocenters. The van der Waals surface area contributed by atoms with Crippen molar-refractivity contribution in [3.63, 3.8) is 0 Å². The summed E-state index contributed by atoms with van der Waals surface area (Å²) in [6, 6.07) is 5.10. The van der Waals surface area contributed by atoms with Gasteiger partial charge in [0.25, 0.3) is 0 Å². The minimum atomic E-state index is -0.483. The van der Waals surface area contributed by atoms with Gasteiger partial charge >= 0.3 is 6.03 Å². The fourth-order valence-electron chi connectivity index (χ4n) is 2.37. The molecule has 2 rings (SSSR count). The summed E-state index contributed by atoms with van der Waals surface area (Å²) < 4.78 is 0. The summed E-state index contributed by atoms with van der Waals surface area (Å²) in [6.45, 7) is 3.82. The maximum atomic E-state index is 11.6. The lowest BCUT2D eigenvalue weighted by Gasteiger charge is -2.35. The molecular weight excluding hydrogens is 296 g/mol. The molecule has 0 atom stereocenters. The smallest absolute Gasteiger partial charge is 0.321 e. The van der Waals surface area contributed by atoms with Crippen molar-refractivity contribution in [1.82, 2.24) is 20.5 Å². The van der Waals surface area contributed by atoms with E-state index >= 15 is 0 Å². The molecular formula is C15H20N6O2. The Bertz CT molecular complexity index is 604. The molecule has 0 spiro atoms. The molecule has 0 saturated carbocycles. The zero-order valence-electron chi connectivity index (χ0n) is 13.1. The molecule has 1 aromatic heterocycles. The molecule has 3 amide bonds. The number of piperazine rings is 1. The summed E-state index contributed by atoms with van der Waals surface area (Å²) in [6.07, 6.45) is 1.93. The molecule has 8 heteroatoms. The number of carbonyl (C=O) groups excluding carboxylic acids is 2. The Morgan fingerprint density at radius 2 is 2.09 bits per heavy atom. The molecule has 122 valence electrons. The Morgan fingerprint density at radius 3 is 2.74 bits per heavy atom. The number of aromatic nitrogens is 1. The second kappa shape index (κ2) is 8.10. The Hall–Kier alpha value is -2.66. The van der Waals surface area contributed by atoms with Crippen molar-refractivity contribution in [2.24, 2.45) is 0 Å². The summed E-state index contributed by atoms with van der Waals surface area (Å²) in [7, 11) is 1.47. The third kappa shape index (κ3) is 4.93. The van der Waals surface area contributed by atoms with Gasteiger partial charge in [-0.3, -0.25) is 15.0 Å². The molecule has 1 saturated heterocycles. The van der Waals surface area contributed by atoms with Crippen LogP contribution in [0.1, 0.15) is 12.0 Å². The Labute approximate surface area is 135 Å². The predicted octanol–water partition coefficient (Wildman–Crippen LogP) is -0.0790. The van der Waals surface area contributed by atoms with E-state index in [1.807, 2.05) is 0 Å². The van der Waals surface area contributed by atoms with Crippen LogP contribution in [0.25, 0.3) is 0 Å². The molecule has 23 heavy (non-hydrogen) atoms.